The summed E-state index contributed by atoms with van der Waals surface area (Å²) in [7, 11) is 0. The third kappa shape index (κ3) is 3.75. The quantitative estimate of drug-likeness (QED) is 0.882. The van der Waals surface area contributed by atoms with Gasteiger partial charge in [0, 0.05) is 31.6 Å². The summed E-state index contributed by atoms with van der Waals surface area (Å²) in [4.78, 5) is 6.67. The third-order valence-corrected chi connectivity index (χ3v) is 3.73. The van der Waals surface area contributed by atoms with Gasteiger partial charge in [0.25, 0.3) is 0 Å². The number of nitrogens with zero attached hydrogens (tertiary/aromatic N) is 2. The van der Waals surface area contributed by atoms with Crippen LogP contribution in [-0.2, 0) is 4.74 Å². The molecular weight excluding hydrogens is 238 g/mol. The van der Waals surface area contributed by atoms with Gasteiger partial charge in [-0.05, 0) is 44.9 Å². The molecule has 3 atom stereocenters. The van der Waals surface area contributed by atoms with Gasteiger partial charge in [-0.25, -0.2) is 0 Å². The van der Waals surface area contributed by atoms with Crippen molar-refractivity contribution in [2.75, 3.05) is 19.7 Å². The number of hydrogen-bond donors (Lipinski definition) is 1. The van der Waals surface area contributed by atoms with Gasteiger partial charge in [-0.3, -0.25) is 9.88 Å². The van der Waals surface area contributed by atoms with E-state index in [2.05, 4.69) is 29.8 Å². The van der Waals surface area contributed by atoms with Crippen molar-refractivity contribution in [2.24, 2.45) is 5.73 Å². The predicted molar refractivity (Wildman–Crippen MR) is 76.8 cm³/mol. The van der Waals surface area contributed by atoms with E-state index in [-0.39, 0.29) is 12.1 Å². The molecule has 1 fully saturated rings. The lowest BCUT2D eigenvalue weighted by Crippen LogP contribution is -2.46. The molecule has 4 nitrogen and oxygen atoms in total. The summed E-state index contributed by atoms with van der Waals surface area (Å²) in [5.41, 5.74) is 7.41. The number of hydrogen-bond acceptors (Lipinski definition) is 4. The summed E-state index contributed by atoms with van der Waals surface area (Å²) >= 11 is 0. The van der Waals surface area contributed by atoms with Crippen LogP contribution >= 0.6 is 0 Å². The lowest BCUT2D eigenvalue weighted by molar-refractivity contribution is -0.0106. The Morgan fingerprint density at radius 2 is 2.42 bits per heavy atom. The van der Waals surface area contributed by atoms with E-state index in [1.807, 2.05) is 12.3 Å². The first-order valence-electron chi connectivity index (χ1n) is 7.23. The van der Waals surface area contributed by atoms with Crippen molar-refractivity contribution in [3.63, 3.8) is 0 Å². The van der Waals surface area contributed by atoms with Crippen LogP contribution < -0.4 is 5.73 Å². The maximum atomic E-state index is 6.21. The van der Waals surface area contributed by atoms with Crippen LogP contribution in [0.4, 0.5) is 0 Å². The zero-order chi connectivity index (χ0) is 13.7. The molecule has 1 aliphatic heterocycles. The van der Waals surface area contributed by atoms with Crippen LogP contribution in [0.1, 0.15) is 38.3 Å². The summed E-state index contributed by atoms with van der Waals surface area (Å²) in [5.74, 6) is 0. The fourth-order valence-corrected chi connectivity index (χ4v) is 2.99. The number of likely N-dealkylation sites (tertiary alicyclic amines) is 1. The van der Waals surface area contributed by atoms with Crippen LogP contribution in [0.25, 0.3) is 0 Å². The maximum absolute atomic E-state index is 6.21. The Hall–Kier alpha value is -0.970. The number of rotatable bonds is 5. The number of pyridine rings is 1. The summed E-state index contributed by atoms with van der Waals surface area (Å²) in [6, 6.07) is 4.42. The van der Waals surface area contributed by atoms with Crippen molar-refractivity contribution in [1.82, 2.24) is 9.88 Å². The minimum absolute atomic E-state index is 0.0876. The van der Waals surface area contributed by atoms with E-state index in [0.717, 1.165) is 26.1 Å². The molecule has 1 aromatic rings. The molecule has 0 aliphatic carbocycles. The minimum Gasteiger partial charge on any atom is -0.377 e. The third-order valence-electron chi connectivity index (χ3n) is 3.73. The fourth-order valence-electron chi connectivity index (χ4n) is 2.99. The molecule has 19 heavy (non-hydrogen) atoms. The van der Waals surface area contributed by atoms with Crippen LogP contribution in [-0.4, -0.2) is 41.7 Å². The Morgan fingerprint density at radius 3 is 3.05 bits per heavy atom. The SMILES string of the molecule is CCOC1CCCN(C(c2cccnc2)C(C)N)C1. The van der Waals surface area contributed by atoms with E-state index < -0.39 is 0 Å². The first-order chi connectivity index (χ1) is 9.22. The van der Waals surface area contributed by atoms with Gasteiger partial charge in [0.05, 0.1) is 12.1 Å². The summed E-state index contributed by atoms with van der Waals surface area (Å²) < 4.78 is 5.78. The molecule has 1 aromatic heterocycles. The van der Waals surface area contributed by atoms with Crippen molar-refractivity contribution in [3.8, 4) is 0 Å². The van der Waals surface area contributed by atoms with Crippen molar-refractivity contribution < 1.29 is 4.74 Å². The molecule has 0 saturated carbocycles. The fraction of sp³-hybridized carbons (Fsp3) is 0.667. The minimum atomic E-state index is 0.0876. The van der Waals surface area contributed by atoms with Gasteiger partial charge in [0.15, 0.2) is 0 Å². The normalized spacial score (nSPS) is 24.1. The summed E-state index contributed by atoms with van der Waals surface area (Å²) in [6.07, 6.45) is 6.41. The standard InChI is InChI=1S/C15H25N3O/c1-3-19-14-7-5-9-18(11-14)15(12(2)16)13-6-4-8-17-10-13/h4,6,8,10,12,14-15H,3,5,7,9,11,16H2,1-2H3. The van der Waals surface area contributed by atoms with Crippen LogP contribution in [0, 0.1) is 0 Å². The molecule has 0 bridgehead atoms. The topological polar surface area (TPSA) is 51.4 Å². The highest BCUT2D eigenvalue weighted by atomic mass is 16.5. The van der Waals surface area contributed by atoms with Gasteiger partial charge in [-0.1, -0.05) is 6.07 Å². The molecule has 1 aliphatic rings. The van der Waals surface area contributed by atoms with Crippen molar-refractivity contribution in [2.45, 2.75) is 44.9 Å². The Morgan fingerprint density at radius 1 is 1.58 bits per heavy atom. The summed E-state index contributed by atoms with van der Waals surface area (Å²) in [6.45, 7) is 6.97. The monoisotopic (exact) mass is 263 g/mol. The number of ether oxygens (including phenoxy) is 1. The molecule has 0 radical (unpaired) electrons. The van der Waals surface area contributed by atoms with Gasteiger partial charge in [-0.2, -0.15) is 0 Å². The molecule has 4 heteroatoms. The number of piperidine rings is 1. The van der Waals surface area contributed by atoms with E-state index in [1.54, 1.807) is 6.20 Å². The highest BCUT2D eigenvalue weighted by Gasteiger charge is 2.29. The molecule has 2 N–H and O–H groups in total. The lowest BCUT2D eigenvalue weighted by atomic mass is 9.97. The van der Waals surface area contributed by atoms with Gasteiger partial charge >= 0.3 is 0 Å². The Bertz CT molecular complexity index is 367. The van der Waals surface area contributed by atoms with Gasteiger partial charge in [0.1, 0.15) is 0 Å². The van der Waals surface area contributed by atoms with Gasteiger partial charge < -0.3 is 10.5 Å². The van der Waals surface area contributed by atoms with Gasteiger partial charge in [-0.15, -0.1) is 0 Å². The molecule has 1 saturated heterocycles. The second kappa shape index (κ2) is 6.98. The van der Waals surface area contributed by atoms with E-state index >= 15 is 0 Å². The Labute approximate surface area is 116 Å². The summed E-state index contributed by atoms with van der Waals surface area (Å²) in [5, 5.41) is 0. The maximum Gasteiger partial charge on any atom is 0.0702 e. The van der Waals surface area contributed by atoms with E-state index in [4.69, 9.17) is 10.5 Å². The predicted octanol–water partition coefficient (Wildman–Crippen LogP) is 1.97. The van der Waals surface area contributed by atoms with E-state index in [9.17, 15) is 0 Å². The van der Waals surface area contributed by atoms with Gasteiger partial charge in [0.2, 0.25) is 0 Å². The first kappa shape index (κ1) is 14.4. The molecule has 3 unspecified atom stereocenters. The lowest BCUT2D eigenvalue weighted by Gasteiger charge is -2.39. The largest absolute Gasteiger partial charge is 0.377 e. The average Bonchev–Trinajstić information content (AvgIpc) is 2.40. The Kier molecular flexibility index (Phi) is 5.31. The first-order valence-corrected chi connectivity index (χ1v) is 7.23. The van der Waals surface area contributed by atoms with Crippen LogP contribution in [0.15, 0.2) is 24.5 Å². The van der Waals surface area contributed by atoms with Crippen LogP contribution in [0.5, 0.6) is 0 Å². The van der Waals surface area contributed by atoms with Crippen molar-refractivity contribution in [3.05, 3.63) is 30.1 Å². The average molecular weight is 263 g/mol. The zero-order valence-corrected chi connectivity index (χ0v) is 12.0. The Balaban J connectivity index is 2.11. The zero-order valence-electron chi connectivity index (χ0n) is 12.0. The van der Waals surface area contributed by atoms with Crippen LogP contribution in [0.3, 0.4) is 0 Å². The van der Waals surface area contributed by atoms with Crippen molar-refractivity contribution >= 4 is 0 Å². The molecule has 0 amide bonds. The highest BCUT2D eigenvalue weighted by molar-refractivity contribution is 5.16. The van der Waals surface area contributed by atoms with Crippen LogP contribution in [0.2, 0.25) is 0 Å². The number of nitrogens with two attached hydrogens (primary N) is 1. The number of aromatic nitrogens is 1. The molecule has 2 rings (SSSR count). The molecular formula is C15H25N3O. The second-order valence-corrected chi connectivity index (χ2v) is 5.30. The molecule has 0 spiro atoms. The molecule has 106 valence electrons. The smallest absolute Gasteiger partial charge is 0.0702 e. The second-order valence-electron chi connectivity index (χ2n) is 5.30. The van der Waals surface area contributed by atoms with E-state index in [1.165, 1.54) is 12.0 Å². The highest BCUT2D eigenvalue weighted by Crippen LogP contribution is 2.27. The molecule has 0 aromatic carbocycles. The van der Waals surface area contributed by atoms with E-state index in [0.29, 0.717) is 6.10 Å². The molecule has 2 heterocycles. The van der Waals surface area contributed by atoms with Crippen molar-refractivity contribution in [1.29, 1.82) is 0 Å².